The molecular formula is C12H21ClO4. The maximum atomic E-state index is 11.9. The standard InChI is InChI=1S/C12H21ClO4/c1-4-12(5-2,10(14)15)11(16)17-9(3)7-6-8-13/h9H,4-8H2,1-3H3,(H,14,15). The first kappa shape index (κ1) is 16.2. The minimum absolute atomic E-state index is 0.236. The van der Waals surface area contributed by atoms with Crippen LogP contribution in [0.5, 0.6) is 0 Å². The lowest BCUT2D eigenvalue weighted by molar-refractivity contribution is -0.172. The van der Waals surface area contributed by atoms with Crippen LogP contribution < -0.4 is 0 Å². The molecule has 0 bridgehead atoms. The maximum Gasteiger partial charge on any atom is 0.323 e. The Bertz CT molecular complexity index is 261. The number of rotatable bonds is 8. The van der Waals surface area contributed by atoms with E-state index in [0.29, 0.717) is 12.3 Å². The first-order chi connectivity index (χ1) is 7.94. The molecule has 0 rings (SSSR count). The van der Waals surface area contributed by atoms with Crippen molar-refractivity contribution in [3.8, 4) is 0 Å². The maximum absolute atomic E-state index is 11.9. The smallest absolute Gasteiger partial charge is 0.323 e. The fraction of sp³-hybridized carbons (Fsp3) is 0.833. The van der Waals surface area contributed by atoms with Gasteiger partial charge in [0.15, 0.2) is 5.41 Å². The van der Waals surface area contributed by atoms with Crippen LogP contribution in [0.15, 0.2) is 0 Å². The second kappa shape index (κ2) is 7.54. The van der Waals surface area contributed by atoms with Crippen molar-refractivity contribution in [1.82, 2.24) is 0 Å². The molecule has 0 aromatic carbocycles. The molecule has 0 spiro atoms. The molecule has 0 aromatic rings. The molecule has 0 radical (unpaired) electrons. The van der Waals surface area contributed by atoms with Gasteiger partial charge in [0.2, 0.25) is 0 Å². The average molecular weight is 265 g/mol. The first-order valence-corrected chi connectivity index (χ1v) is 6.48. The van der Waals surface area contributed by atoms with Gasteiger partial charge in [-0.2, -0.15) is 0 Å². The van der Waals surface area contributed by atoms with Crippen LogP contribution in [0.3, 0.4) is 0 Å². The molecule has 5 heteroatoms. The highest BCUT2D eigenvalue weighted by Crippen LogP contribution is 2.29. The Morgan fingerprint density at radius 2 is 1.88 bits per heavy atom. The van der Waals surface area contributed by atoms with E-state index in [9.17, 15) is 9.59 Å². The van der Waals surface area contributed by atoms with Crippen molar-refractivity contribution in [2.75, 3.05) is 5.88 Å². The van der Waals surface area contributed by atoms with Crippen LogP contribution in [-0.4, -0.2) is 29.0 Å². The lowest BCUT2D eigenvalue weighted by Crippen LogP contribution is -2.41. The normalized spacial score (nSPS) is 13.2. The molecular weight excluding hydrogens is 244 g/mol. The summed E-state index contributed by atoms with van der Waals surface area (Å²) in [6.45, 7) is 5.12. The Kier molecular flexibility index (Phi) is 7.19. The van der Waals surface area contributed by atoms with E-state index < -0.39 is 17.4 Å². The minimum atomic E-state index is -1.41. The zero-order valence-corrected chi connectivity index (χ0v) is 11.4. The Morgan fingerprint density at radius 1 is 1.35 bits per heavy atom. The summed E-state index contributed by atoms with van der Waals surface area (Å²) in [5.41, 5.74) is -1.41. The summed E-state index contributed by atoms with van der Waals surface area (Å²) in [6, 6.07) is 0. The Labute approximate surface area is 107 Å². The van der Waals surface area contributed by atoms with Crippen LogP contribution in [-0.2, 0) is 14.3 Å². The molecule has 1 N–H and O–H groups in total. The van der Waals surface area contributed by atoms with Crippen molar-refractivity contribution in [3.05, 3.63) is 0 Å². The highest BCUT2D eigenvalue weighted by molar-refractivity contribution is 6.17. The summed E-state index contributed by atoms with van der Waals surface area (Å²) >= 11 is 5.54. The summed E-state index contributed by atoms with van der Waals surface area (Å²) in [6.07, 6.45) is 1.57. The molecule has 0 amide bonds. The molecule has 0 saturated heterocycles. The van der Waals surface area contributed by atoms with Gasteiger partial charge in [-0.1, -0.05) is 13.8 Å². The van der Waals surface area contributed by atoms with Crippen molar-refractivity contribution < 1.29 is 19.4 Å². The second-order valence-corrected chi connectivity index (χ2v) is 4.52. The molecule has 0 aliphatic rings. The number of carboxylic acids is 1. The molecule has 0 aliphatic carbocycles. The molecule has 0 heterocycles. The van der Waals surface area contributed by atoms with Crippen LogP contribution >= 0.6 is 11.6 Å². The summed E-state index contributed by atoms with van der Waals surface area (Å²) in [7, 11) is 0. The predicted molar refractivity (Wildman–Crippen MR) is 66.2 cm³/mol. The van der Waals surface area contributed by atoms with E-state index in [0.717, 1.165) is 6.42 Å². The van der Waals surface area contributed by atoms with Gasteiger partial charge in [-0.15, -0.1) is 11.6 Å². The highest BCUT2D eigenvalue weighted by Gasteiger charge is 2.44. The largest absolute Gasteiger partial charge is 0.480 e. The van der Waals surface area contributed by atoms with Gasteiger partial charge in [-0.05, 0) is 32.6 Å². The van der Waals surface area contributed by atoms with E-state index >= 15 is 0 Å². The van der Waals surface area contributed by atoms with Gasteiger partial charge >= 0.3 is 11.9 Å². The van der Waals surface area contributed by atoms with E-state index in [4.69, 9.17) is 21.4 Å². The lowest BCUT2D eigenvalue weighted by atomic mass is 9.82. The number of alkyl halides is 1. The molecule has 1 unspecified atom stereocenters. The fourth-order valence-electron chi connectivity index (χ4n) is 1.65. The number of hydrogen-bond donors (Lipinski definition) is 1. The van der Waals surface area contributed by atoms with Crippen LogP contribution in [0.25, 0.3) is 0 Å². The number of esters is 1. The fourth-order valence-corrected chi connectivity index (χ4v) is 1.80. The topological polar surface area (TPSA) is 63.6 Å². The van der Waals surface area contributed by atoms with Gasteiger partial charge in [0.05, 0.1) is 6.10 Å². The Balaban J connectivity index is 4.59. The van der Waals surface area contributed by atoms with Gasteiger partial charge < -0.3 is 9.84 Å². The molecule has 0 aliphatic heterocycles. The van der Waals surface area contributed by atoms with Crippen molar-refractivity contribution >= 4 is 23.5 Å². The quantitative estimate of drug-likeness (QED) is 0.416. The molecule has 1 atom stereocenters. The second-order valence-electron chi connectivity index (χ2n) is 4.14. The van der Waals surface area contributed by atoms with Crippen LogP contribution in [0.1, 0.15) is 46.5 Å². The van der Waals surface area contributed by atoms with Gasteiger partial charge in [0.1, 0.15) is 0 Å². The van der Waals surface area contributed by atoms with E-state index in [1.54, 1.807) is 20.8 Å². The monoisotopic (exact) mass is 264 g/mol. The third-order valence-corrected chi connectivity index (χ3v) is 3.33. The summed E-state index contributed by atoms with van der Waals surface area (Å²) in [5.74, 6) is -1.25. The third-order valence-electron chi connectivity index (χ3n) is 3.06. The molecule has 4 nitrogen and oxygen atoms in total. The van der Waals surface area contributed by atoms with E-state index in [1.807, 2.05) is 0 Å². The number of aliphatic carboxylic acids is 1. The molecule has 17 heavy (non-hydrogen) atoms. The molecule has 100 valence electrons. The summed E-state index contributed by atoms with van der Waals surface area (Å²) in [4.78, 5) is 23.1. The number of carbonyl (C=O) groups excluding carboxylic acids is 1. The van der Waals surface area contributed by atoms with Crippen molar-refractivity contribution in [2.45, 2.75) is 52.6 Å². The average Bonchev–Trinajstić information content (AvgIpc) is 2.28. The molecule has 0 saturated carbocycles. The van der Waals surface area contributed by atoms with Crippen molar-refractivity contribution in [1.29, 1.82) is 0 Å². The van der Waals surface area contributed by atoms with E-state index in [-0.39, 0.29) is 18.9 Å². The van der Waals surface area contributed by atoms with Crippen LogP contribution in [0, 0.1) is 5.41 Å². The van der Waals surface area contributed by atoms with Crippen LogP contribution in [0.2, 0.25) is 0 Å². The number of ether oxygens (including phenoxy) is 1. The van der Waals surface area contributed by atoms with E-state index in [1.165, 1.54) is 0 Å². The zero-order valence-electron chi connectivity index (χ0n) is 10.7. The number of carbonyl (C=O) groups is 2. The van der Waals surface area contributed by atoms with Gasteiger partial charge in [-0.3, -0.25) is 9.59 Å². The Morgan fingerprint density at radius 3 is 2.24 bits per heavy atom. The zero-order chi connectivity index (χ0) is 13.5. The minimum Gasteiger partial charge on any atom is -0.480 e. The van der Waals surface area contributed by atoms with Crippen molar-refractivity contribution in [2.24, 2.45) is 5.41 Å². The van der Waals surface area contributed by atoms with Gasteiger partial charge in [0, 0.05) is 5.88 Å². The number of halogens is 1. The van der Waals surface area contributed by atoms with Gasteiger partial charge in [-0.25, -0.2) is 0 Å². The third kappa shape index (κ3) is 4.19. The molecule has 0 fully saturated rings. The lowest BCUT2D eigenvalue weighted by Gasteiger charge is -2.26. The summed E-state index contributed by atoms with van der Waals surface area (Å²) < 4.78 is 5.18. The SMILES string of the molecule is CCC(CC)(C(=O)O)C(=O)OC(C)CCCCl. The molecule has 0 aromatic heterocycles. The number of carboxylic acid groups (broad SMARTS) is 1. The number of hydrogen-bond acceptors (Lipinski definition) is 3. The Hall–Kier alpha value is -0.770. The summed E-state index contributed by atoms with van der Waals surface area (Å²) in [5, 5.41) is 9.16. The van der Waals surface area contributed by atoms with Gasteiger partial charge in [0.25, 0.3) is 0 Å². The van der Waals surface area contributed by atoms with E-state index in [2.05, 4.69) is 0 Å². The first-order valence-electron chi connectivity index (χ1n) is 5.95. The van der Waals surface area contributed by atoms with Crippen LogP contribution in [0.4, 0.5) is 0 Å². The van der Waals surface area contributed by atoms with Crippen molar-refractivity contribution in [3.63, 3.8) is 0 Å². The highest BCUT2D eigenvalue weighted by atomic mass is 35.5. The predicted octanol–water partition coefficient (Wildman–Crippen LogP) is 2.83.